The molecule has 0 spiro atoms. The fourth-order valence-corrected chi connectivity index (χ4v) is 5.76. The van der Waals surface area contributed by atoms with Crippen LogP contribution in [-0.4, -0.2) is 55.9 Å². The van der Waals surface area contributed by atoms with Crippen molar-refractivity contribution in [1.82, 2.24) is 9.88 Å². The van der Waals surface area contributed by atoms with Crippen molar-refractivity contribution >= 4 is 15.9 Å². The zero-order valence-corrected chi connectivity index (χ0v) is 21.4. The second kappa shape index (κ2) is 9.93. The van der Waals surface area contributed by atoms with Gasteiger partial charge < -0.3 is 24.1 Å². The summed E-state index contributed by atoms with van der Waals surface area (Å²) in [6, 6.07) is 16.4. The molecule has 194 valence electrons. The highest BCUT2D eigenvalue weighted by molar-refractivity contribution is 7.90. The van der Waals surface area contributed by atoms with Crippen molar-refractivity contribution in [1.29, 1.82) is 0 Å². The van der Waals surface area contributed by atoms with Gasteiger partial charge >= 0.3 is 6.09 Å². The molecule has 1 N–H and O–H groups in total. The number of benzene rings is 2. The van der Waals surface area contributed by atoms with Crippen LogP contribution in [0.1, 0.15) is 25.7 Å². The van der Waals surface area contributed by atoms with Crippen LogP contribution in [0.5, 0.6) is 17.2 Å². The summed E-state index contributed by atoms with van der Waals surface area (Å²) in [4.78, 5) is 30.1. The number of fused-ring (bicyclic) bond motifs is 2. The topological polar surface area (TPSA) is 115 Å². The van der Waals surface area contributed by atoms with Crippen LogP contribution in [0.3, 0.4) is 0 Å². The third-order valence-corrected chi connectivity index (χ3v) is 8.01. The average Bonchev–Trinajstić information content (AvgIpc) is 3.14. The third kappa shape index (κ3) is 5.48. The minimum Gasteiger partial charge on any atom is -0.497 e. The number of aromatic amines is 1. The third-order valence-electron chi connectivity index (χ3n) is 6.88. The van der Waals surface area contributed by atoms with Crippen LogP contribution in [0.15, 0.2) is 70.4 Å². The molecule has 0 aliphatic carbocycles. The van der Waals surface area contributed by atoms with E-state index in [-0.39, 0.29) is 34.7 Å². The number of amides is 1. The summed E-state index contributed by atoms with van der Waals surface area (Å²) in [5.41, 5.74) is 0.889. The molecule has 1 aromatic heterocycles. The lowest BCUT2D eigenvalue weighted by Crippen LogP contribution is -2.50. The summed E-state index contributed by atoms with van der Waals surface area (Å²) < 4.78 is 40.4. The fourth-order valence-electron chi connectivity index (χ4n) is 5.13. The van der Waals surface area contributed by atoms with Gasteiger partial charge in [0.25, 0.3) is 5.56 Å². The van der Waals surface area contributed by atoms with E-state index in [4.69, 9.17) is 14.2 Å². The zero-order valence-electron chi connectivity index (χ0n) is 20.5. The Bertz CT molecular complexity index is 1440. The lowest BCUT2D eigenvalue weighted by molar-refractivity contribution is 0.0527. The molecule has 10 heteroatoms. The van der Waals surface area contributed by atoms with Crippen LogP contribution in [0.4, 0.5) is 4.79 Å². The Morgan fingerprint density at radius 1 is 0.919 bits per heavy atom. The number of pyridine rings is 1. The molecular formula is C27H28N2O7S. The maximum Gasteiger partial charge on any atom is 0.415 e. The molecule has 2 saturated heterocycles. The number of ether oxygens (including phenoxy) is 3. The number of rotatable bonds is 6. The van der Waals surface area contributed by atoms with E-state index in [0.717, 1.165) is 19.1 Å². The predicted octanol–water partition coefficient (Wildman–Crippen LogP) is 4.03. The van der Waals surface area contributed by atoms with Gasteiger partial charge in [-0.2, -0.15) is 0 Å². The van der Waals surface area contributed by atoms with Gasteiger partial charge in [0.2, 0.25) is 0 Å². The molecule has 3 heterocycles. The van der Waals surface area contributed by atoms with Gasteiger partial charge in [-0.15, -0.1) is 0 Å². The highest BCUT2D eigenvalue weighted by atomic mass is 32.2. The van der Waals surface area contributed by atoms with Gasteiger partial charge in [-0.25, -0.2) is 13.2 Å². The molecule has 2 aliphatic heterocycles. The van der Waals surface area contributed by atoms with Gasteiger partial charge in [0.15, 0.2) is 9.84 Å². The quantitative estimate of drug-likeness (QED) is 0.518. The van der Waals surface area contributed by atoms with E-state index in [2.05, 4.69) is 4.98 Å². The van der Waals surface area contributed by atoms with Gasteiger partial charge in [-0.05, 0) is 54.8 Å². The second-order valence-electron chi connectivity index (χ2n) is 9.44. The number of piperidine rings is 1. The molecule has 37 heavy (non-hydrogen) atoms. The van der Waals surface area contributed by atoms with E-state index in [9.17, 15) is 18.0 Å². The van der Waals surface area contributed by atoms with Crippen molar-refractivity contribution in [2.45, 2.75) is 48.8 Å². The Morgan fingerprint density at radius 3 is 2.14 bits per heavy atom. The number of nitrogens with one attached hydrogen (secondary N) is 1. The lowest BCUT2D eigenvalue weighted by Gasteiger charge is -2.38. The molecule has 2 atom stereocenters. The first-order valence-corrected chi connectivity index (χ1v) is 13.9. The van der Waals surface area contributed by atoms with Gasteiger partial charge in [-0.3, -0.25) is 4.79 Å². The molecule has 2 fully saturated rings. The van der Waals surface area contributed by atoms with E-state index in [1.54, 1.807) is 49.6 Å². The van der Waals surface area contributed by atoms with E-state index in [1.807, 2.05) is 4.90 Å². The number of H-pyrrole nitrogens is 1. The number of hydrogen-bond donors (Lipinski definition) is 1. The Morgan fingerprint density at radius 2 is 1.54 bits per heavy atom. The lowest BCUT2D eigenvalue weighted by atomic mass is 10.00. The van der Waals surface area contributed by atoms with Crippen molar-refractivity contribution < 1.29 is 27.4 Å². The van der Waals surface area contributed by atoms with E-state index < -0.39 is 9.84 Å². The number of sulfone groups is 1. The molecule has 9 nitrogen and oxygen atoms in total. The SMILES string of the molecule is COc1ccc(OC(=O)N2C3CCC2CC(Oc2cc(-c4ccc(S(C)(=O)=O)cc4)[nH]c(=O)c2)C3)cc1. The molecule has 2 aliphatic rings. The summed E-state index contributed by atoms with van der Waals surface area (Å²) in [6.07, 6.45) is 3.65. The fraction of sp³-hybridized carbons (Fsp3) is 0.333. The second-order valence-corrected chi connectivity index (χ2v) is 11.5. The molecule has 5 rings (SSSR count). The van der Waals surface area contributed by atoms with Crippen molar-refractivity contribution in [3.05, 3.63) is 71.0 Å². The number of aromatic nitrogens is 1. The maximum absolute atomic E-state index is 12.9. The largest absolute Gasteiger partial charge is 0.497 e. The highest BCUT2D eigenvalue weighted by Crippen LogP contribution is 2.38. The first kappa shape index (κ1) is 24.9. The van der Waals surface area contributed by atoms with E-state index >= 15 is 0 Å². The number of nitrogens with zero attached hydrogens (tertiary/aromatic N) is 1. The van der Waals surface area contributed by atoms with Crippen LogP contribution in [-0.2, 0) is 9.84 Å². The summed E-state index contributed by atoms with van der Waals surface area (Å²) >= 11 is 0. The summed E-state index contributed by atoms with van der Waals surface area (Å²) in [7, 11) is -1.73. The molecule has 3 aromatic rings. The van der Waals surface area contributed by atoms with E-state index in [0.29, 0.717) is 41.3 Å². The first-order chi connectivity index (χ1) is 17.7. The minimum absolute atomic E-state index is 0.000461. The highest BCUT2D eigenvalue weighted by Gasteiger charge is 2.45. The van der Waals surface area contributed by atoms with Crippen molar-refractivity contribution in [3.8, 4) is 28.5 Å². The summed E-state index contributed by atoms with van der Waals surface area (Å²) in [5, 5.41) is 0. The summed E-state index contributed by atoms with van der Waals surface area (Å²) in [5.74, 6) is 1.58. The van der Waals surface area contributed by atoms with Crippen LogP contribution >= 0.6 is 0 Å². The maximum atomic E-state index is 12.9. The number of hydrogen-bond acceptors (Lipinski definition) is 7. The minimum atomic E-state index is -3.31. The number of carbonyl (C=O) groups excluding carboxylic acids is 1. The van der Waals surface area contributed by atoms with E-state index in [1.165, 1.54) is 18.2 Å². The van der Waals surface area contributed by atoms with Gasteiger partial charge in [0, 0.05) is 43.3 Å². The number of methoxy groups -OCH3 is 1. The van der Waals surface area contributed by atoms with Crippen molar-refractivity contribution in [2.75, 3.05) is 13.4 Å². The van der Waals surface area contributed by atoms with Crippen LogP contribution < -0.4 is 19.8 Å². The molecule has 2 unspecified atom stereocenters. The molecule has 2 bridgehead atoms. The normalized spacial score (nSPS) is 20.9. The standard InChI is InChI=1S/C27H28N2O7S/c1-34-20-7-9-21(10-8-20)36-27(31)29-18-5-6-19(29)14-22(13-18)35-23-15-25(28-26(30)16-23)17-3-11-24(12-4-17)37(2,32)33/h3-4,7-12,15-16,18-19,22H,5-6,13-14H2,1-2H3,(H,28,30). The monoisotopic (exact) mass is 524 g/mol. The molecular weight excluding hydrogens is 496 g/mol. The molecule has 1 amide bonds. The Balaban J connectivity index is 1.26. The first-order valence-electron chi connectivity index (χ1n) is 12.1. The molecule has 0 radical (unpaired) electrons. The Labute approximate surface area is 214 Å². The smallest absolute Gasteiger partial charge is 0.415 e. The number of carbonyl (C=O) groups is 1. The van der Waals surface area contributed by atoms with Gasteiger partial charge in [0.05, 0.1) is 17.7 Å². The van der Waals surface area contributed by atoms with Crippen LogP contribution in [0.25, 0.3) is 11.3 Å². The summed E-state index contributed by atoms with van der Waals surface area (Å²) in [6.45, 7) is 0. The predicted molar refractivity (Wildman–Crippen MR) is 137 cm³/mol. The van der Waals surface area contributed by atoms with Crippen LogP contribution in [0.2, 0.25) is 0 Å². The van der Waals surface area contributed by atoms with Crippen molar-refractivity contribution in [2.24, 2.45) is 0 Å². The van der Waals surface area contributed by atoms with Crippen LogP contribution in [0, 0.1) is 0 Å². The molecule has 0 saturated carbocycles. The van der Waals surface area contributed by atoms with Gasteiger partial charge in [0.1, 0.15) is 23.4 Å². The van der Waals surface area contributed by atoms with Crippen molar-refractivity contribution in [3.63, 3.8) is 0 Å². The zero-order chi connectivity index (χ0) is 26.2. The Kier molecular flexibility index (Phi) is 6.68. The Hall–Kier alpha value is -3.79. The molecule has 2 aromatic carbocycles. The average molecular weight is 525 g/mol. The van der Waals surface area contributed by atoms with Gasteiger partial charge in [-0.1, -0.05) is 12.1 Å².